The molecule has 0 aromatic heterocycles. The third kappa shape index (κ3) is 5.83. The third-order valence-electron chi connectivity index (χ3n) is 7.39. The van der Waals surface area contributed by atoms with Crippen molar-refractivity contribution in [1.29, 1.82) is 0 Å². The summed E-state index contributed by atoms with van der Waals surface area (Å²) in [6.07, 6.45) is 3.03. The summed E-state index contributed by atoms with van der Waals surface area (Å²) in [5.74, 6) is 0.125. The summed E-state index contributed by atoms with van der Waals surface area (Å²) in [4.78, 5) is 24.7. The summed E-state index contributed by atoms with van der Waals surface area (Å²) in [6, 6.07) is 32.5. The average molecular weight is 583 g/mol. The van der Waals surface area contributed by atoms with Crippen molar-refractivity contribution in [1.82, 2.24) is 0 Å². The monoisotopic (exact) mass is 582 g/mol. The standard InChI is InChI=1S/C38H30O6/c1-3-17-41-37(39)23-43-35-21-27(19-33-29-11-7-5-9-25(29)13-15-31(33)35)28-20-34-30-12-8-6-10-26(30)14-16-32(34)36(22-28)44-24-38(40)42-18-4-2/h3-16,19-22H,1-2,17-18,23-24H2. The van der Waals surface area contributed by atoms with Gasteiger partial charge in [0.05, 0.1) is 0 Å². The molecule has 6 aromatic rings. The molecule has 0 N–H and O–H groups in total. The molecule has 0 spiro atoms. The highest BCUT2D eigenvalue weighted by molar-refractivity contribution is 6.13. The van der Waals surface area contributed by atoms with E-state index in [1.807, 2.05) is 60.7 Å². The normalized spacial score (nSPS) is 11.0. The van der Waals surface area contributed by atoms with Gasteiger partial charge in [-0.1, -0.05) is 98.1 Å². The van der Waals surface area contributed by atoms with E-state index in [4.69, 9.17) is 18.9 Å². The van der Waals surface area contributed by atoms with Gasteiger partial charge in [0.15, 0.2) is 13.2 Å². The highest BCUT2D eigenvalue weighted by Crippen LogP contribution is 2.41. The minimum atomic E-state index is -0.486. The number of esters is 2. The molecule has 0 radical (unpaired) electrons. The molecule has 0 amide bonds. The summed E-state index contributed by atoms with van der Waals surface area (Å²) in [5.41, 5.74) is 1.72. The molecule has 0 heterocycles. The zero-order valence-corrected chi connectivity index (χ0v) is 24.1. The number of benzene rings is 6. The Kier molecular flexibility index (Phi) is 8.23. The first-order valence-corrected chi connectivity index (χ1v) is 14.3. The van der Waals surface area contributed by atoms with Crippen LogP contribution in [0.15, 0.2) is 122 Å². The Labute approximate surface area is 254 Å². The van der Waals surface area contributed by atoms with Crippen LogP contribution in [0.5, 0.6) is 11.5 Å². The Balaban J connectivity index is 1.53. The van der Waals surface area contributed by atoms with E-state index in [2.05, 4.69) is 49.6 Å². The molecule has 0 unspecified atom stereocenters. The Hall–Kier alpha value is -5.62. The highest BCUT2D eigenvalue weighted by Gasteiger charge is 2.16. The topological polar surface area (TPSA) is 71.1 Å². The third-order valence-corrected chi connectivity index (χ3v) is 7.39. The van der Waals surface area contributed by atoms with Gasteiger partial charge in [-0.05, 0) is 67.7 Å². The molecule has 0 bridgehead atoms. The molecule has 44 heavy (non-hydrogen) atoms. The van der Waals surface area contributed by atoms with Crippen LogP contribution < -0.4 is 9.47 Å². The van der Waals surface area contributed by atoms with Crippen LogP contribution in [0.25, 0.3) is 54.2 Å². The van der Waals surface area contributed by atoms with Crippen molar-refractivity contribution in [2.45, 2.75) is 0 Å². The quantitative estimate of drug-likeness (QED) is 0.0872. The molecule has 6 nitrogen and oxygen atoms in total. The number of carbonyl (C=O) groups excluding carboxylic acids is 2. The number of ether oxygens (including phenoxy) is 4. The van der Waals surface area contributed by atoms with Gasteiger partial charge in [-0.2, -0.15) is 0 Å². The first kappa shape index (κ1) is 28.5. The Morgan fingerprint density at radius 1 is 0.523 bits per heavy atom. The first-order valence-electron chi connectivity index (χ1n) is 14.3. The van der Waals surface area contributed by atoms with Gasteiger partial charge in [0.25, 0.3) is 0 Å². The zero-order valence-electron chi connectivity index (χ0n) is 24.1. The molecule has 6 aromatic carbocycles. The number of rotatable bonds is 11. The summed E-state index contributed by atoms with van der Waals surface area (Å²) in [7, 11) is 0. The molecular weight excluding hydrogens is 552 g/mol. The summed E-state index contributed by atoms with van der Waals surface area (Å²) in [5, 5.41) is 7.97. The SMILES string of the molecule is C=CCOC(=O)COc1cc(-c2cc(OCC(=O)OCC=C)c3ccc4ccccc4c3c2)cc2c1ccc1ccccc12. The van der Waals surface area contributed by atoms with Gasteiger partial charge in [0, 0.05) is 10.8 Å². The maximum atomic E-state index is 12.3. The Morgan fingerprint density at radius 3 is 1.39 bits per heavy atom. The smallest absolute Gasteiger partial charge is 0.344 e. The summed E-state index contributed by atoms with van der Waals surface area (Å²) < 4.78 is 22.5. The van der Waals surface area contributed by atoms with E-state index in [0.29, 0.717) is 11.5 Å². The molecule has 218 valence electrons. The van der Waals surface area contributed by atoms with E-state index in [1.165, 1.54) is 12.2 Å². The van der Waals surface area contributed by atoms with Gasteiger partial charge in [-0.25, -0.2) is 9.59 Å². The molecule has 0 aliphatic heterocycles. The maximum Gasteiger partial charge on any atom is 0.344 e. The fraction of sp³-hybridized carbons (Fsp3) is 0.105. The van der Waals surface area contributed by atoms with E-state index in [9.17, 15) is 9.59 Å². The predicted molar refractivity (Wildman–Crippen MR) is 175 cm³/mol. The second-order valence-corrected chi connectivity index (χ2v) is 10.2. The Bertz CT molecular complexity index is 1910. The van der Waals surface area contributed by atoms with Crippen LogP contribution in [0, 0.1) is 0 Å². The lowest BCUT2D eigenvalue weighted by molar-refractivity contribution is -0.145. The lowest BCUT2D eigenvalue weighted by Crippen LogP contribution is -2.15. The largest absolute Gasteiger partial charge is 0.481 e. The summed E-state index contributed by atoms with van der Waals surface area (Å²) >= 11 is 0. The molecule has 0 aliphatic rings. The molecule has 6 heteroatoms. The number of hydrogen-bond donors (Lipinski definition) is 0. The van der Waals surface area contributed by atoms with Crippen LogP contribution in [-0.2, 0) is 19.1 Å². The van der Waals surface area contributed by atoms with Crippen LogP contribution in [0.4, 0.5) is 0 Å². The van der Waals surface area contributed by atoms with E-state index >= 15 is 0 Å². The Morgan fingerprint density at radius 2 is 0.955 bits per heavy atom. The van der Waals surface area contributed by atoms with Crippen LogP contribution >= 0.6 is 0 Å². The highest BCUT2D eigenvalue weighted by atomic mass is 16.6. The van der Waals surface area contributed by atoms with Gasteiger partial charge in [-0.15, -0.1) is 0 Å². The molecule has 0 fully saturated rings. The lowest BCUT2D eigenvalue weighted by Gasteiger charge is -2.16. The lowest BCUT2D eigenvalue weighted by atomic mass is 9.93. The van der Waals surface area contributed by atoms with E-state index in [-0.39, 0.29) is 26.4 Å². The fourth-order valence-electron chi connectivity index (χ4n) is 5.40. The van der Waals surface area contributed by atoms with Crippen molar-refractivity contribution in [3.8, 4) is 22.6 Å². The van der Waals surface area contributed by atoms with Crippen molar-refractivity contribution in [2.75, 3.05) is 26.4 Å². The molecule has 0 aliphatic carbocycles. The number of carbonyl (C=O) groups is 2. The predicted octanol–water partition coefficient (Wildman–Crippen LogP) is 8.18. The first-order chi connectivity index (χ1) is 21.6. The van der Waals surface area contributed by atoms with Crippen molar-refractivity contribution in [2.24, 2.45) is 0 Å². The van der Waals surface area contributed by atoms with Gasteiger partial charge in [-0.3, -0.25) is 0 Å². The van der Waals surface area contributed by atoms with E-state index < -0.39 is 11.9 Å². The molecule has 0 saturated heterocycles. The van der Waals surface area contributed by atoms with Crippen molar-refractivity contribution >= 4 is 55.0 Å². The van der Waals surface area contributed by atoms with Crippen LogP contribution in [-0.4, -0.2) is 38.4 Å². The molecule has 0 saturated carbocycles. The van der Waals surface area contributed by atoms with Crippen LogP contribution in [0.1, 0.15) is 0 Å². The van der Waals surface area contributed by atoms with Gasteiger partial charge < -0.3 is 18.9 Å². The van der Waals surface area contributed by atoms with E-state index in [1.54, 1.807) is 0 Å². The van der Waals surface area contributed by atoms with Gasteiger partial charge in [0.1, 0.15) is 24.7 Å². The van der Waals surface area contributed by atoms with E-state index in [0.717, 1.165) is 54.2 Å². The summed E-state index contributed by atoms with van der Waals surface area (Å²) in [6.45, 7) is 6.92. The fourth-order valence-corrected chi connectivity index (χ4v) is 5.40. The molecular formula is C38H30O6. The number of hydrogen-bond acceptors (Lipinski definition) is 6. The van der Waals surface area contributed by atoms with Gasteiger partial charge >= 0.3 is 11.9 Å². The second kappa shape index (κ2) is 12.7. The van der Waals surface area contributed by atoms with Gasteiger partial charge in [0.2, 0.25) is 0 Å². The average Bonchev–Trinajstić information content (AvgIpc) is 3.07. The molecule has 0 atom stereocenters. The van der Waals surface area contributed by atoms with Crippen LogP contribution in [0.2, 0.25) is 0 Å². The zero-order chi connectivity index (χ0) is 30.5. The minimum absolute atomic E-state index is 0.114. The minimum Gasteiger partial charge on any atom is -0.481 e. The maximum absolute atomic E-state index is 12.3. The second-order valence-electron chi connectivity index (χ2n) is 10.2. The molecule has 6 rings (SSSR count). The van der Waals surface area contributed by atoms with Crippen LogP contribution in [0.3, 0.4) is 0 Å². The van der Waals surface area contributed by atoms with Crippen molar-refractivity contribution in [3.05, 3.63) is 122 Å². The van der Waals surface area contributed by atoms with Crippen molar-refractivity contribution < 1.29 is 28.5 Å². The van der Waals surface area contributed by atoms with Crippen molar-refractivity contribution in [3.63, 3.8) is 0 Å². The number of fused-ring (bicyclic) bond motifs is 6.